The molecule has 2 aromatic rings. The van der Waals surface area contributed by atoms with Crippen LogP contribution in [0.5, 0.6) is 5.75 Å². The van der Waals surface area contributed by atoms with Crippen molar-refractivity contribution in [2.45, 2.75) is 25.9 Å². The van der Waals surface area contributed by atoms with Crippen LogP contribution in [0, 0.1) is 0 Å². The molecule has 2 aromatic carbocycles. The number of alkyl halides is 3. The Hall–Kier alpha value is -2.44. The largest absolute Gasteiger partial charge is 0.489 e. The van der Waals surface area contributed by atoms with Crippen LogP contribution < -0.4 is 15.6 Å². The van der Waals surface area contributed by atoms with Crippen molar-refractivity contribution in [1.29, 1.82) is 0 Å². The van der Waals surface area contributed by atoms with Crippen molar-refractivity contribution in [3.63, 3.8) is 0 Å². The third-order valence-corrected chi connectivity index (χ3v) is 3.46. The summed E-state index contributed by atoms with van der Waals surface area (Å²) in [6, 6.07) is 3.91. The van der Waals surface area contributed by atoms with Crippen molar-refractivity contribution >= 4 is 5.78 Å². The van der Waals surface area contributed by atoms with Crippen LogP contribution in [0.25, 0.3) is 0 Å². The lowest BCUT2D eigenvalue weighted by Crippen LogP contribution is -2.40. The zero-order valence-electron chi connectivity index (χ0n) is 12.4. The number of carbonyl (C=O) groups is 1. The molecule has 23 heavy (non-hydrogen) atoms. The molecule has 0 amide bonds. The van der Waals surface area contributed by atoms with Gasteiger partial charge in [0.2, 0.25) is 5.43 Å². The summed E-state index contributed by atoms with van der Waals surface area (Å²) < 4.78 is 42.9. The van der Waals surface area contributed by atoms with Crippen molar-refractivity contribution in [2.75, 3.05) is 6.61 Å². The van der Waals surface area contributed by atoms with Crippen LogP contribution in [-0.2, 0) is 11.0 Å². The molecule has 0 aliphatic heterocycles. The summed E-state index contributed by atoms with van der Waals surface area (Å²) in [5.41, 5.74) is -2.41. The molecule has 0 bridgehead atoms. The summed E-state index contributed by atoms with van der Waals surface area (Å²) >= 11 is 0. The summed E-state index contributed by atoms with van der Waals surface area (Å²) in [4.78, 5) is 35.2. The van der Waals surface area contributed by atoms with Gasteiger partial charge in [-0.05, 0) is 31.5 Å². The zero-order chi connectivity index (χ0) is 17.4. The van der Waals surface area contributed by atoms with Gasteiger partial charge in [-0.1, -0.05) is 12.1 Å². The molecule has 0 heterocycles. The van der Waals surface area contributed by atoms with Gasteiger partial charge in [0.15, 0.2) is 5.75 Å². The van der Waals surface area contributed by atoms with E-state index in [2.05, 4.69) is 0 Å². The first-order chi connectivity index (χ1) is 10.7. The summed E-state index contributed by atoms with van der Waals surface area (Å²) in [7, 11) is 0. The van der Waals surface area contributed by atoms with Crippen molar-refractivity contribution in [3.05, 3.63) is 61.4 Å². The third-order valence-electron chi connectivity index (χ3n) is 3.46. The van der Waals surface area contributed by atoms with E-state index in [1.165, 1.54) is 6.92 Å². The molecule has 0 saturated heterocycles. The number of ether oxygens (including phenoxy) is 1. The molecule has 4 nitrogen and oxygen atoms in total. The van der Waals surface area contributed by atoms with Crippen LogP contribution in [0.3, 0.4) is 0 Å². The zero-order valence-corrected chi connectivity index (χ0v) is 12.4. The van der Waals surface area contributed by atoms with Gasteiger partial charge in [-0.25, -0.2) is 0 Å². The molecular weight excluding hydrogens is 313 g/mol. The van der Waals surface area contributed by atoms with Crippen LogP contribution in [0.4, 0.5) is 13.2 Å². The van der Waals surface area contributed by atoms with Gasteiger partial charge in [0, 0.05) is 0 Å². The lowest BCUT2D eigenvalue weighted by Gasteiger charge is -2.19. The van der Waals surface area contributed by atoms with E-state index in [1.807, 2.05) is 0 Å². The number of Topliss-reactive ketones (excluding diaryl/α,β-unsaturated/α-hetero) is 1. The Kier molecular flexibility index (Phi) is 4.40. The quantitative estimate of drug-likeness (QED) is 0.792. The van der Waals surface area contributed by atoms with E-state index in [0.717, 1.165) is 24.3 Å². The molecule has 0 N–H and O–H groups in total. The average Bonchev–Trinajstić information content (AvgIpc) is 2.49. The first-order valence-corrected chi connectivity index (χ1v) is 6.82. The Labute approximate surface area is 129 Å². The van der Waals surface area contributed by atoms with Gasteiger partial charge in [-0.3, -0.25) is 14.4 Å². The molecule has 0 aliphatic rings. The number of halogens is 3. The van der Waals surface area contributed by atoms with Gasteiger partial charge in [-0.15, -0.1) is 0 Å². The number of benzene rings is 1. The van der Waals surface area contributed by atoms with Crippen molar-refractivity contribution in [3.8, 4) is 5.75 Å². The van der Waals surface area contributed by atoms with Crippen LogP contribution in [-0.4, -0.2) is 12.4 Å². The van der Waals surface area contributed by atoms with Gasteiger partial charge < -0.3 is 4.74 Å². The summed E-state index contributed by atoms with van der Waals surface area (Å²) in [5.74, 6) is -1.75. The van der Waals surface area contributed by atoms with Gasteiger partial charge in [0.25, 0.3) is 5.43 Å². The number of hydrogen-bond acceptors (Lipinski definition) is 4. The highest BCUT2D eigenvalue weighted by atomic mass is 19.4. The SMILES string of the molecule is CCOc1c(C(C(C)=O)c2ccc(C(F)(F)F)cc2)c(=O)c1=O. The minimum atomic E-state index is -4.50. The highest BCUT2D eigenvalue weighted by molar-refractivity contribution is 5.88. The Balaban J connectivity index is 2.49. The van der Waals surface area contributed by atoms with E-state index in [-0.39, 0.29) is 23.5 Å². The average molecular weight is 326 g/mol. The van der Waals surface area contributed by atoms with Crippen molar-refractivity contribution in [1.82, 2.24) is 0 Å². The monoisotopic (exact) mass is 326 g/mol. The van der Waals surface area contributed by atoms with Gasteiger partial charge in [0.05, 0.1) is 23.7 Å². The molecule has 0 spiro atoms. The predicted octanol–water partition coefficient (Wildman–Crippen LogP) is 2.42. The second-order valence-electron chi connectivity index (χ2n) is 5.00. The summed E-state index contributed by atoms with van der Waals surface area (Å²) in [6.45, 7) is 2.95. The number of carbonyl (C=O) groups excluding carboxylic acids is 1. The number of hydrogen-bond donors (Lipinski definition) is 0. The molecule has 0 fully saturated rings. The fourth-order valence-corrected chi connectivity index (χ4v) is 2.41. The maximum absolute atomic E-state index is 12.6. The molecule has 0 radical (unpaired) electrons. The van der Waals surface area contributed by atoms with Crippen molar-refractivity contribution in [2.24, 2.45) is 0 Å². The molecule has 1 atom stereocenters. The van der Waals surface area contributed by atoms with E-state index in [4.69, 9.17) is 4.74 Å². The summed E-state index contributed by atoms with van der Waals surface area (Å²) in [6.07, 6.45) is -4.50. The minimum absolute atomic E-state index is 0.0934. The lowest BCUT2D eigenvalue weighted by molar-refractivity contribution is -0.137. The van der Waals surface area contributed by atoms with Crippen LogP contribution in [0.2, 0.25) is 0 Å². The fraction of sp³-hybridized carbons (Fsp3) is 0.312. The van der Waals surface area contributed by atoms with Crippen LogP contribution in [0.1, 0.15) is 36.5 Å². The van der Waals surface area contributed by atoms with Gasteiger partial charge >= 0.3 is 6.18 Å². The maximum Gasteiger partial charge on any atom is 0.416 e. The van der Waals surface area contributed by atoms with E-state index in [0.29, 0.717) is 0 Å². The number of ketones is 1. The lowest BCUT2D eigenvalue weighted by atomic mass is 9.84. The Bertz CT molecular complexity index is 796. The predicted molar refractivity (Wildman–Crippen MR) is 76.5 cm³/mol. The smallest absolute Gasteiger partial charge is 0.416 e. The second-order valence-corrected chi connectivity index (χ2v) is 5.00. The van der Waals surface area contributed by atoms with E-state index < -0.39 is 34.3 Å². The van der Waals surface area contributed by atoms with Crippen LogP contribution >= 0.6 is 0 Å². The first kappa shape index (κ1) is 16.9. The first-order valence-electron chi connectivity index (χ1n) is 6.82. The Morgan fingerprint density at radius 1 is 1.13 bits per heavy atom. The second kappa shape index (κ2) is 5.98. The molecule has 7 heteroatoms. The normalized spacial score (nSPS) is 13.1. The third kappa shape index (κ3) is 3.04. The standard InChI is InChI=1S/C16H13F3O4/c1-3-23-15-12(13(21)14(15)22)11(8(2)20)9-4-6-10(7-5-9)16(17,18)19/h4-7,11H,3H2,1-2H3. The summed E-state index contributed by atoms with van der Waals surface area (Å²) in [5, 5.41) is 0. The van der Waals surface area contributed by atoms with Crippen molar-refractivity contribution < 1.29 is 22.7 Å². The Morgan fingerprint density at radius 2 is 1.70 bits per heavy atom. The number of rotatable bonds is 5. The molecule has 0 aliphatic carbocycles. The molecule has 0 aromatic heterocycles. The van der Waals surface area contributed by atoms with Gasteiger partial charge in [0.1, 0.15) is 5.78 Å². The highest BCUT2D eigenvalue weighted by Gasteiger charge is 2.34. The van der Waals surface area contributed by atoms with E-state index in [9.17, 15) is 27.6 Å². The highest BCUT2D eigenvalue weighted by Crippen LogP contribution is 2.33. The molecule has 1 unspecified atom stereocenters. The maximum atomic E-state index is 12.6. The van der Waals surface area contributed by atoms with Gasteiger partial charge in [-0.2, -0.15) is 13.2 Å². The van der Waals surface area contributed by atoms with E-state index in [1.54, 1.807) is 6.92 Å². The Morgan fingerprint density at radius 3 is 2.13 bits per heavy atom. The van der Waals surface area contributed by atoms with Crippen LogP contribution in [0.15, 0.2) is 33.9 Å². The molecular formula is C16H13F3O4. The molecule has 2 rings (SSSR count). The topological polar surface area (TPSA) is 60.4 Å². The van der Waals surface area contributed by atoms with E-state index >= 15 is 0 Å². The minimum Gasteiger partial charge on any atom is -0.489 e. The molecule has 0 saturated carbocycles. The fourth-order valence-electron chi connectivity index (χ4n) is 2.41. The molecule has 122 valence electrons.